The van der Waals surface area contributed by atoms with Gasteiger partial charge in [-0.2, -0.15) is 0 Å². The third kappa shape index (κ3) is 1.70. The molecule has 0 N–H and O–H groups in total. The first-order valence-electron chi connectivity index (χ1n) is 7.45. The number of hydrogen-bond acceptors (Lipinski definition) is 3. The Morgan fingerprint density at radius 3 is 2.39 bits per heavy atom. The summed E-state index contributed by atoms with van der Waals surface area (Å²) >= 11 is 0. The summed E-state index contributed by atoms with van der Waals surface area (Å²) in [5.74, 6) is 0.526. The Morgan fingerprint density at radius 2 is 1.52 bits per heavy atom. The summed E-state index contributed by atoms with van der Waals surface area (Å²) in [5, 5.41) is 3.59. The maximum atomic E-state index is 12.3. The first-order valence-corrected chi connectivity index (χ1v) is 7.45. The highest BCUT2D eigenvalue weighted by molar-refractivity contribution is 6.04. The predicted octanol–water partition coefficient (Wildman–Crippen LogP) is 4.60. The molecule has 0 unspecified atom stereocenters. The first kappa shape index (κ1) is 12.4. The normalized spacial score (nSPS) is 11.7. The maximum absolute atomic E-state index is 12.3. The van der Waals surface area contributed by atoms with Crippen molar-refractivity contribution in [2.45, 2.75) is 0 Å². The topological polar surface area (TPSA) is 43.1 Å². The van der Waals surface area contributed by atoms with Crippen LogP contribution in [0.3, 0.4) is 0 Å². The summed E-state index contributed by atoms with van der Waals surface area (Å²) in [4.78, 5) is 17.1. The van der Waals surface area contributed by atoms with Gasteiger partial charge in [-0.15, -0.1) is 0 Å². The molecule has 3 nitrogen and oxygen atoms in total. The largest absolute Gasteiger partial charge is 0.452 e. The number of nitrogens with zero attached hydrogens (tertiary/aromatic N) is 1. The van der Waals surface area contributed by atoms with Crippen molar-refractivity contribution >= 4 is 32.6 Å². The summed E-state index contributed by atoms with van der Waals surface area (Å²) < 4.78 is 6.09. The van der Waals surface area contributed by atoms with Crippen LogP contribution in [-0.4, -0.2) is 4.98 Å². The fourth-order valence-electron chi connectivity index (χ4n) is 3.15. The van der Waals surface area contributed by atoms with E-state index in [1.54, 1.807) is 0 Å². The molecule has 0 fully saturated rings. The zero-order valence-electron chi connectivity index (χ0n) is 12.1. The van der Waals surface area contributed by atoms with E-state index in [4.69, 9.17) is 9.40 Å². The molecule has 23 heavy (non-hydrogen) atoms. The molecule has 108 valence electrons. The molecule has 0 saturated heterocycles. The van der Waals surface area contributed by atoms with E-state index >= 15 is 0 Å². The van der Waals surface area contributed by atoms with Crippen LogP contribution in [0, 0.1) is 0 Å². The number of rotatable bonds is 0. The Labute approximate surface area is 131 Å². The van der Waals surface area contributed by atoms with Crippen LogP contribution in [0.2, 0.25) is 0 Å². The van der Waals surface area contributed by atoms with Crippen molar-refractivity contribution < 1.29 is 4.42 Å². The highest BCUT2D eigenvalue weighted by Gasteiger charge is 2.16. The van der Waals surface area contributed by atoms with E-state index in [0.717, 1.165) is 27.4 Å². The van der Waals surface area contributed by atoms with Crippen molar-refractivity contribution in [2.75, 3.05) is 0 Å². The van der Waals surface area contributed by atoms with Crippen LogP contribution >= 0.6 is 0 Å². The Morgan fingerprint density at radius 1 is 0.783 bits per heavy atom. The number of fused-ring (bicyclic) bond motifs is 6. The fraction of sp³-hybridized carbons (Fsp3) is 0. The second-order valence-electron chi connectivity index (χ2n) is 5.62. The Kier molecular flexibility index (Phi) is 2.36. The van der Waals surface area contributed by atoms with Gasteiger partial charge in [0.25, 0.3) is 0 Å². The first-order chi connectivity index (χ1) is 11.3. The van der Waals surface area contributed by atoms with E-state index in [2.05, 4.69) is 0 Å². The van der Waals surface area contributed by atoms with Crippen molar-refractivity contribution in [2.24, 2.45) is 0 Å². The summed E-state index contributed by atoms with van der Waals surface area (Å²) in [6, 6.07) is 21.0. The number of benzene rings is 4. The maximum Gasteiger partial charge on any atom is 0.190 e. The van der Waals surface area contributed by atoms with E-state index in [1.165, 1.54) is 6.07 Å². The number of aromatic nitrogens is 1. The van der Waals surface area contributed by atoms with Crippen LogP contribution < -0.4 is 5.43 Å². The van der Waals surface area contributed by atoms with Gasteiger partial charge in [0.1, 0.15) is 11.2 Å². The second kappa shape index (κ2) is 4.40. The molecule has 0 saturated carbocycles. The smallest absolute Gasteiger partial charge is 0.190 e. The zero-order valence-corrected chi connectivity index (χ0v) is 12.1. The highest BCUT2D eigenvalue weighted by Crippen LogP contribution is 2.32. The summed E-state index contributed by atoms with van der Waals surface area (Å²) in [6.07, 6.45) is 0. The minimum atomic E-state index is -0.0433. The van der Waals surface area contributed by atoms with Crippen molar-refractivity contribution in [3.63, 3.8) is 0 Å². The Balaban J connectivity index is 2.04. The predicted molar refractivity (Wildman–Crippen MR) is 91.9 cm³/mol. The van der Waals surface area contributed by atoms with Gasteiger partial charge in [0, 0.05) is 22.2 Å². The molecule has 0 atom stereocenters. The minimum absolute atomic E-state index is 0.0433. The zero-order chi connectivity index (χ0) is 15.4. The van der Waals surface area contributed by atoms with Gasteiger partial charge in [0.2, 0.25) is 0 Å². The quantitative estimate of drug-likeness (QED) is 0.310. The SMILES string of the molecule is O=c1cc2oc3c(ccc4ccccc43)nc-2c2ccccc12. The van der Waals surface area contributed by atoms with Crippen LogP contribution in [0.1, 0.15) is 0 Å². The molecular weight excluding hydrogens is 286 g/mol. The van der Waals surface area contributed by atoms with Gasteiger partial charge in [-0.3, -0.25) is 4.79 Å². The molecule has 0 aromatic heterocycles. The van der Waals surface area contributed by atoms with Gasteiger partial charge < -0.3 is 4.42 Å². The van der Waals surface area contributed by atoms with E-state index in [-0.39, 0.29) is 5.43 Å². The van der Waals surface area contributed by atoms with Gasteiger partial charge in [-0.05, 0) is 11.5 Å². The lowest BCUT2D eigenvalue weighted by Crippen LogP contribution is -2.03. The van der Waals surface area contributed by atoms with Gasteiger partial charge in [0.15, 0.2) is 16.8 Å². The fourth-order valence-corrected chi connectivity index (χ4v) is 3.15. The Hall–Kier alpha value is -3.20. The monoisotopic (exact) mass is 297 g/mol. The third-order valence-corrected chi connectivity index (χ3v) is 4.25. The van der Waals surface area contributed by atoms with E-state index in [9.17, 15) is 4.79 Å². The molecule has 0 spiro atoms. The van der Waals surface area contributed by atoms with E-state index < -0.39 is 0 Å². The van der Waals surface area contributed by atoms with E-state index in [1.807, 2.05) is 60.7 Å². The molecule has 2 aliphatic rings. The minimum Gasteiger partial charge on any atom is -0.452 e. The van der Waals surface area contributed by atoms with Crippen LogP contribution in [-0.2, 0) is 0 Å². The molecular formula is C20H11NO2. The molecule has 1 heterocycles. The van der Waals surface area contributed by atoms with Crippen molar-refractivity contribution in [3.8, 4) is 11.5 Å². The van der Waals surface area contributed by atoms with Gasteiger partial charge in [0.05, 0.1) is 0 Å². The van der Waals surface area contributed by atoms with E-state index in [0.29, 0.717) is 16.7 Å². The average molecular weight is 297 g/mol. The average Bonchev–Trinajstić information content (AvgIpc) is 2.61. The molecule has 3 heteroatoms. The third-order valence-electron chi connectivity index (χ3n) is 4.25. The van der Waals surface area contributed by atoms with Crippen LogP contribution in [0.5, 0.6) is 0 Å². The standard InChI is InChI=1S/C20H11NO2/c22-17-11-18-19(15-8-4-3-7-14(15)17)21-16-10-9-12-5-1-2-6-13(12)20(16)23-18/h1-11H. The lowest BCUT2D eigenvalue weighted by Gasteiger charge is -2.10. The van der Waals surface area contributed by atoms with Crippen LogP contribution in [0.15, 0.2) is 75.9 Å². The van der Waals surface area contributed by atoms with Crippen molar-refractivity contribution in [3.05, 3.63) is 77.0 Å². The molecule has 5 rings (SSSR count). The van der Waals surface area contributed by atoms with Crippen molar-refractivity contribution in [1.29, 1.82) is 0 Å². The number of hydrogen-bond donors (Lipinski definition) is 0. The molecule has 0 radical (unpaired) electrons. The van der Waals surface area contributed by atoms with Gasteiger partial charge in [-0.25, -0.2) is 4.98 Å². The van der Waals surface area contributed by atoms with Crippen LogP contribution in [0.25, 0.3) is 44.1 Å². The van der Waals surface area contributed by atoms with Crippen LogP contribution in [0.4, 0.5) is 0 Å². The van der Waals surface area contributed by atoms with Crippen molar-refractivity contribution in [1.82, 2.24) is 4.98 Å². The molecule has 0 bridgehead atoms. The molecule has 1 aliphatic carbocycles. The summed E-state index contributed by atoms with van der Waals surface area (Å²) in [6.45, 7) is 0. The summed E-state index contributed by atoms with van der Waals surface area (Å²) in [5.41, 5.74) is 2.19. The second-order valence-corrected chi connectivity index (χ2v) is 5.62. The molecule has 1 aliphatic heterocycles. The van der Waals surface area contributed by atoms with Gasteiger partial charge in [-0.1, -0.05) is 54.6 Å². The molecule has 0 amide bonds. The molecule has 3 aromatic rings. The molecule has 3 aromatic carbocycles. The Bertz CT molecular complexity index is 1240. The lowest BCUT2D eigenvalue weighted by molar-refractivity contribution is 0.617. The summed E-state index contributed by atoms with van der Waals surface area (Å²) in [7, 11) is 0. The highest BCUT2D eigenvalue weighted by atomic mass is 16.3. The lowest BCUT2D eigenvalue weighted by atomic mass is 10.0. The van der Waals surface area contributed by atoms with Gasteiger partial charge >= 0.3 is 0 Å².